The van der Waals surface area contributed by atoms with E-state index in [-0.39, 0.29) is 5.91 Å². The summed E-state index contributed by atoms with van der Waals surface area (Å²) in [5.41, 5.74) is -0.892. The van der Waals surface area contributed by atoms with Gasteiger partial charge >= 0.3 is 0 Å². The molecular formula is C24H27N2O5S-. The fourth-order valence-electron chi connectivity index (χ4n) is 6.25. The number of amides is 1. The molecule has 2 N–H and O–H groups in total. The zero-order valence-electron chi connectivity index (χ0n) is 17.7. The summed E-state index contributed by atoms with van der Waals surface area (Å²) in [5, 5.41) is 13.8. The van der Waals surface area contributed by atoms with Gasteiger partial charge in [-0.2, -0.15) is 0 Å². The van der Waals surface area contributed by atoms with E-state index < -0.39 is 22.1 Å². The Morgan fingerprint density at radius 3 is 2.50 bits per heavy atom. The van der Waals surface area contributed by atoms with Crippen LogP contribution in [0, 0.1) is 23.7 Å². The van der Waals surface area contributed by atoms with E-state index >= 15 is 0 Å². The number of nitrogens with one attached hydrogen (secondary N) is 1. The minimum atomic E-state index is -2.51. The van der Waals surface area contributed by atoms with Gasteiger partial charge in [-0.25, -0.2) is 0 Å². The Morgan fingerprint density at radius 1 is 1.19 bits per heavy atom. The molecule has 170 valence electrons. The Kier molecular flexibility index (Phi) is 5.77. The Morgan fingerprint density at radius 2 is 1.91 bits per heavy atom. The Hall–Kier alpha value is -2.29. The lowest BCUT2D eigenvalue weighted by molar-refractivity contribution is -0.150. The molecule has 4 atom stereocenters. The highest BCUT2D eigenvalue weighted by Gasteiger charge is 2.54. The van der Waals surface area contributed by atoms with Crippen molar-refractivity contribution in [2.24, 2.45) is 23.7 Å². The van der Waals surface area contributed by atoms with E-state index in [2.05, 4.69) is 10.3 Å². The van der Waals surface area contributed by atoms with Crippen LogP contribution in [0.2, 0.25) is 0 Å². The molecule has 4 saturated carbocycles. The zero-order chi connectivity index (χ0) is 22.3. The molecule has 0 radical (unpaired) electrons. The van der Waals surface area contributed by atoms with Gasteiger partial charge in [0.15, 0.2) is 0 Å². The van der Waals surface area contributed by atoms with Gasteiger partial charge in [0.1, 0.15) is 5.75 Å². The minimum absolute atomic E-state index is 0.155. The lowest BCUT2D eigenvalue weighted by Gasteiger charge is -2.58. The van der Waals surface area contributed by atoms with Gasteiger partial charge in [-0.3, -0.25) is 14.0 Å². The fourth-order valence-corrected chi connectivity index (χ4v) is 6.78. The molecule has 2 aromatic rings. The summed E-state index contributed by atoms with van der Waals surface area (Å²) < 4.78 is 28.8. The fraction of sp³-hybridized carbons (Fsp3) is 0.500. The lowest BCUT2D eigenvalue weighted by Crippen LogP contribution is -2.56. The van der Waals surface area contributed by atoms with Crippen LogP contribution in [0.5, 0.6) is 5.75 Å². The molecule has 4 bridgehead atoms. The number of hydrogen-bond acceptors (Lipinski definition) is 6. The molecule has 32 heavy (non-hydrogen) atoms. The van der Waals surface area contributed by atoms with Crippen LogP contribution in [0.4, 0.5) is 0 Å². The summed E-state index contributed by atoms with van der Waals surface area (Å²) in [6, 6.07) is 11.4. The summed E-state index contributed by atoms with van der Waals surface area (Å²) in [6.45, 7) is 0.631. The standard InChI is InChI=1S/C24H28N2O5S/c27-22(26-14-20-17-9-15-10-18(20)13-24(28,11-15)12-17)16-4-6-19(7-5-16)31-23(32(29)30)21-3-1-2-8-25-21/h1-8,15,17-18,20,23,28H,9-14H2,(H,26,27)(H,29,30)/p-1. The van der Waals surface area contributed by atoms with Gasteiger partial charge in [0, 0.05) is 18.3 Å². The molecule has 1 aromatic carbocycles. The van der Waals surface area contributed by atoms with Crippen molar-refractivity contribution in [3.05, 3.63) is 59.9 Å². The zero-order valence-corrected chi connectivity index (χ0v) is 18.5. The van der Waals surface area contributed by atoms with Gasteiger partial charge in [0.05, 0.1) is 11.3 Å². The molecule has 4 fully saturated rings. The van der Waals surface area contributed by atoms with E-state index in [1.165, 1.54) is 19.0 Å². The van der Waals surface area contributed by atoms with Crippen molar-refractivity contribution >= 4 is 17.0 Å². The summed E-state index contributed by atoms with van der Waals surface area (Å²) >= 11 is -2.51. The minimum Gasteiger partial charge on any atom is -0.769 e. The second-order valence-corrected chi connectivity index (χ2v) is 10.5. The topological polar surface area (TPSA) is 112 Å². The smallest absolute Gasteiger partial charge is 0.251 e. The van der Waals surface area contributed by atoms with E-state index in [4.69, 9.17) is 4.74 Å². The Bertz CT molecular complexity index is 983. The van der Waals surface area contributed by atoms with E-state index in [0.717, 1.165) is 19.3 Å². The summed E-state index contributed by atoms with van der Waals surface area (Å²) in [6.07, 6.45) is 6.54. The first-order valence-corrected chi connectivity index (χ1v) is 12.3. The van der Waals surface area contributed by atoms with Crippen molar-refractivity contribution in [1.82, 2.24) is 10.3 Å². The Labute approximate surface area is 189 Å². The van der Waals surface area contributed by atoms with Crippen LogP contribution in [0.25, 0.3) is 0 Å². The highest BCUT2D eigenvalue weighted by Crippen LogP contribution is 2.58. The third-order valence-electron chi connectivity index (χ3n) is 7.40. The molecule has 0 saturated heterocycles. The van der Waals surface area contributed by atoms with Crippen molar-refractivity contribution in [3.8, 4) is 5.75 Å². The van der Waals surface area contributed by atoms with Gasteiger partial charge in [-0.1, -0.05) is 6.07 Å². The quantitative estimate of drug-likeness (QED) is 0.621. The lowest BCUT2D eigenvalue weighted by atomic mass is 9.50. The van der Waals surface area contributed by atoms with Crippen molar-refractivity contribution in [2.75, 3.05) is 6.54 Å². The number of nitrogens with zero attached hydrogens (tertiary/aromatic N) is 1. The molecule has 6 rings (SSSR count). The monoisotopic (exact) mass is 455 g/mol. The first kappa shape index (κ1) is 21.6. The Balaban J connectivity index is 1.19. The van der Waals surface area contributed by atoms with Crippen LogP contribution in [0.15, 0.2) is 48.7 Å². The molecule has 8 heteroatoms. The molecule has 4 aliphatic carbocycles. The van der Waals surface area contributed by atoms with Gasteiger partial charge in [-0.05, 0) is 103 Å². The number of aromatic nitrogens is 1. The first-order valence-electron chi connectivity index (χ1n) is 11.2. The van der Waals surface area contributed by atoms with E-state index in [9.17, 15) is 18.7 Å². The van der Waals surface area contributed by atoms with Crippen LogP contribution < -0.4 is 10.1 Å². The number of hydrogen-bond donors (Lipinski definition) is 2. The number of carbonyl (C=O) groups excluding carboxylic acids is 1. The van der Waals surface area contributed by atoms with Gasteiger partial charge < -0.3 is 19.7 Å². The SMILES string of the molecule is O=C(NCC1C2CC3CC1CC(O)(C3)C2)c1ccc(OC(c2ccccn2)S(=O)[O-])cc1. The molecule has 0 spiro atoms. The third-order valence-corrected chi connectivity index (χ3v) is 8.09. The molecule has 1 aromatic heterocycles. The number of rotatable bonds is 7. The first-order chi connectivity index (χ1) is 15.4. The number of carbonyl (C=O) groups is 1. The number of ether oxygens (including phenoxy) is 1. The predicted molar refractivity (Wildman–Crippen MR) is 117 cm³/mol. The van der Waals surface area contributed by atoms with Crippen molar-refractivity contribution < 1.29 is 23.4 Å². The van der Waals surface area contributed by atoms with Gasteiger partial charge in [0.25, 0.3) is 5.91 Å². The third kappa shape index (κ3) is 4.31. The average molecular weight is 456 g/mol. The predicted octanol–water partition coefficient (Wildman–Crippen LogP) is 2.96. The molecule has 4 unspecified atom stereocenters. The molecule has 0 aliphatic heterocycles. The van der Waals surface area contributed by atoms with E-state index in [0.29, 0.717) is 47.2 Å². The molecular weight excluding hydrogens is 428 g/mol. The van der Waals surface area contributed by atoms with Crippen LogP contribution in [-0.2, 0) is 11.1 Å². The normalized spacial score (nSPS) is 32.3. The maximum Gasteiger partial charge on any atom is 0.251 e. The maximum atomic E-state index is 12.7. The summed E-state index contributed by atoms with van der Waals surface area (Å²) in [7, 11) is 0. The van der Waals surface area contributed by atoms with Crippen LogP contribution in [0.1, 0.15) is 53.6 Å². The van der Waals surface area contributed by atoms with Gasteiger partial charge in [-0.15, -0.1) is 0 Å². The van der Waals surface area contributed by atoms with Gasteiger partial charge in [0.2, 0.25) is 5.44 Å². The highest BCUT2D eigenvalue weighted by molar-refractivity contribution is 7.79. The van der Waals surface area contributed by atoms with Crippen molar-refractivity contribution in [1.29, 1.82) is 0 Å². The number of aliphatic hydroxyl groups is 1. The maximum absolute atomic E-state index is 12.7. The molecule has 7 nitrogen and oxygen atoms in total. The number of benzene rings is 1. The summed E-state index contributed by atoms with van der Waals surface area (Å²) in [5.74, 6) is 2.27. The average Bonchev–Trinajstić information content (AvgIpc) is 2.76. The molecule has 1 amide bonds. The largest absolute Gasteiger partial charge is 0.769 e. The number of pyridine rings is 1. The van der Waals surface area contributed by atoms with Crippen molar-refractivity contribution in [3.63, 3.8) is 0 Å². The van der Waals surface area contributed by atoms with Crippen LogP contribution in [0.3, 0.4) is 0 Å². The highest BCUT2D eigenvalue weighted by atomic mass is 32.2. The molecule has 4 aliphatic rings. The molecule has 1 heterocycles. The second-order valence-electron chi connectivity index (χ2n) is 9.56. The van der Waals surface area contributed by atoms with E-state index in [1.54, 1.807) is 42.5 Å². The van der Waals surface area contributed by atoms with E-state index in [1.807, 2.05) is 0 Å². The van der Waals surface area contributed by atoms with Crippen molar-refractivity contribution in [2.45, 2.75) is 43.1 Å². The van der Waals surface area contributed by atoms with Crippen LogP contribution in [-0.4, -0.2) is 36.9 Å². The summed E-state index contributed by atoms with van der Waals surface area (Å²) in [4.78, 5) is 16.7. The second kappa shape index (κ2) is 8.57. The van der Waals surface area contributed by atoms with Crippen LogP contribution >= 0.6 is 0 Å².